The Bertz CT molecular complexity index is 367. The molecule has 2 rings (SSSR count). The lowest BCUT2D eigenvalue weighted by Crippen LogP contribution is -2.29. The summed E-state index contributed by atoms with van der Waals surface area (Å²) in [4.78, 5) is 0. The van der Waals surface area contributed by atoms with Crippen LogP contribution in [-0.4, -0.2) is 12.1 Å². The number of halogens is 3. The van der Waals surface area contributed by atoms with Gasteiger partial charge in [0.2, 0.25) is 0 Å². The molecule has 0 saturated heterocycles. The molecule has 0 aliphatic heterocycles. The van der Waals surface area contributed by atoms with E-state index in [0.717, 1.165) is 25.0 Å². The maximum atomic E-state index is 12.7. The summed E-state index contributed by atoms with van der Waals surface area (Å²) in [7, 11) is 0. The van der Waals surface area contributed by atoms with E-state index < -0.39 is 17.5 Å². The largest absolute Gasteiger partial charge is 0.491 e. The Morgan fingerprint density at radius 1 is 1.20 bits per heavy atom. The second-order valence-corrected chi connectivity index (χ2v) is 3.85. The van der Waals surface area contributed by atoms with E-state index in [1.807, 2.05) is 0 Å². The highest BCUT2D eigenvalue weighted by atomic mass is 19.2. The number of hydrogen-bond donors (Lipinski definition) is 1. The third-order valence-electron chi connectivity index (χ3n) is 2.38. The van der Waals surface area contributed by atoms with Gasteiger partial charge in [0.1, 0.15) is 12.4 Å². The fraction of sp³-hybridized carbons (Fsp3) is 0.400. The van der Waals surface area contributed by atoms with Crippen LogP contribution in [0.2, 0.25) is 0 Å². The summed E-state index contributed by atoms with van der Waals surface area (Å²) in [5.41, 5.74) is 5.34. The molecule has 1 aliphatic rings. The molecule has 0 atom stereocenters. The second kappa shape index (κ2) is 3.41. The zero-order chi connectivity index (χ0) is 11.1. The van der Waals surface area contributed by atoms with Crippen LogP contribution in [0.3, 0.4) is 0 Å². The lowest BCUT2D eigenvalue weighted by Gasteiger charge is -2.11. The molecule has 0 unspecified atom stereocenters. The van der Waals surface area contributed by atoms with Crippen molar-refractivity contribution in [2.24, 2.45) is 5.73 Å². The number of hydrogen-bond acceptors (Lipinski definition) is 2. The van der Waals surface area contributed by atoms with Gasteiger partial charge in [0, 0.05) is 12.1 Å². The lowest BCUT2D eigenvalue weighted by molar-refractivity contribution is 0.275. The molecule has 2 nitrogen and oxygen atoms in total. The van der Waals surface area contributed by atoms with Gasteiger partial charge >= 0.3 is 0 Å². The van der Waals surface area contributed by atoms with Crippen LogP contribution < -0.4 is 10.5 Å². The maximum absolute atomic E-state index is 12.7. The van der Waals surface area contributed by atoms with E-state index in [-0.39, 0.29) is 17.9 Å². The molecule has 0 heterocycles. The third-order valence-corrected chi connectivity index (χ3v) is 2.38. The van der Waals surface area contributed by atoms with Crippen molar-refractivity contribution in [2.75, 3.05) is 6.61 Å². The maximum Gasteiger partial charge on any atom is 0.194 e. The standard InChI is InChI=1S/C10H10F3NO/c11-7-3-6(4-8(12)9(7)13)15-5-10(14)1-2-10/h3-4H,1-2,5,14H2. The van der Waals surface area contributed by atoms with Crippen LogP contribution in [0.4, 0.5) is 13.2 Å². The Kier molecular flexibility index (Phi) is 2.34. The first-order valence-electron chi connectivity index (χ1n) is 4.56. The van der Waals surface area contributed by atoms with Crippen LogP contribution in [0, 0.1) is 17.5 Å². The predicted octanol–water partition coefficient (Wildman–Crippen LogP) is 1.97. The molecule has 1 aromatic rings. The van der Waals surface area contributed by atoms with Crippen molar-refractivity contribution in [2.45, 2.75) is 18.4 Å². The van der Waals surface area contributed by atoms with Gasteiger partial charge in [0.05, 0.1) is 5.54 Å². The van der Waals surface area contributed by atoms with Gasteiger partial charge in [-0.2, -0.15) is 0 Å². The smallest absolute Gasteiger partial charge is 0.194 e. The van der Waals surface area contributed by atoms with Crippen molar-refractivity contribution in [1.29, 1.82) is 0 Å². The summed E-state index contributed by atoms with van der Waals surface area (Å²) < 4.78 is 43.1. The molecule has 82 valence electrons. The summed E-state index contributed by atoms with van der Waals surface area (Å²) in [5, 5.41) is 0. The minimum absolute atomic E-state index is 0.0388. The fourth-order valence-corrected chi connectivity index (χ4v) is 1.15. The molecule has 0 spiro atoms. The van der Waals surface area contributed by atoms with Gasteiger partial charge in [-0.25, -0.2) is 13.2 Å². The molecule has 5 heteroatoms. The quantitative estimate of drug-likeness (QED) is 0.785. The highest BCUT2D eigenvalue weighted by Crippen LogP contribution is 2.33. The highest BCUT2D eigenvalue weighted by Gasteiger charge is 2.39. The predicted molar refractivity (Wildman–Crippen MR) is 48.0 cm³/mol. The summed E-state index contributed by atoms with van der Waals surface area (Å²) in [5.74, 6) is -4.04. The lowest BCUT2D eigenvalue weighted by atomic mass is 10.3. The van der Waals surface area contributed by atoms with E-state index in [1.54, 1.807) is 0 Å². The van der Waals surface area contributed by atoms with Gasteiger partial charge in [-0.15, -0.1) is 0 Å². The monoisotopic (exact) mass is 217 g/mol. The zero-order valence-electron chi connectivity index (χ0n) is 7.90. The van der Waals surface area contributed by atoms with Crippen LogP contribution in [0.1, 0.15) is 12.8 Å². The number of benzene rings is 1. The first-order valence-corrected chi connectivity index (χ1v) is 4.56. The van der Waals surface area contributed by atoms with Crippen LogP contribution in [0.15, 0.2) is 12.1 Å². The van der Waals surface area contributed by atoms with E-state index in [2.05, 4.69) is 0 Å². The average Bonchev–Trinajstić information content (AvgIpc) is 2.90. The van der Waals surface area contributed by atoms with Crippen LogP contribution in [0.25, 0.3) is 0 Å². The van der Waals surface area contributed by atoms with Crippen molar-refractivity contribution in [3.63, 3.8) is 0 Å². The van der Waals surface area contributed by atoms with E-state index in [1.165, 1.54) is 0 Å². The first kappa shape index (κ1) is 10.3. The Hall–Kier alpha value is -1.23. The molecule has 0 amide bonds. The van der Waals surface area contributed by atoms with Gasteiger partial charge < -0.3 is 10.5 Å². The van der Waals surface area contributed by atoms with Crippen molar-refractivity contribution in [3.05, 3.63) is 29.6 Å². The van der Waals surface area contributed by atoms with Crippen molar-refractivity contribution in [1.82, 2.24) is 0 Å². The van der Waals surface area contributed by atoms with Crippen LogP contribution >= 0.6 is 0 Å². The van der Waals surface area contributed by atoms with Crippen molar-refractivity contribution in [3.8, 4) is 5.75 Å². The molecule has 0 aromatic heterocycles. The minimum Gasteiger partial charge on any atom is -0.491 e. The third kappa shape index (κ3) is 2.23. The summed E-state index contributed by atoms with van der Waals surface area (Å²) >= 11 is 0. The molecule has 15 heavy (non-hydrogen) atoms. The van der Waals surface area contributed by atoms with E-state index in [4.69, 9.17) is 10.5 Å². The molecular weight excluding hydrogens is 207 g/mol. The fourth-order valence-electron chi connectivity index (χ4n) is 1.15. The first-order chi connectivity index (χ1) is 7.00. The molecule has 1 saturated carbocycles. The van der Waals surface area contributed by atoms with E-state index in [0.29, 0.717) is 0 Å². The van der Waals surface area contributed by atoms with Crippen LogP contribution in [-0.2, 0) is 0 Å². The molecule has 0 bridgehead atoms. The Morgan fingerprint density at radius 2 is 1.73 bits per heavy atom. The van der Waals surface area contributed by atoms with Gasteiger partial charge in [-0.3, -0.25) is 0 Å². The molecule has 1 aliphatic carbocycles. The SMILES string of the molecule is NC1(COc2cc(F)c(F)c(F)c2)CC1. The van der Waals surface area contributed by atoms with Crippen molar-refractivity contribution < 1.29 is 17.9 Å². The minimum atomic E-state index is -1.49. The van der Waals surface area contributed by atoms with Crippen LogP contribution in [0.5, 0.6) is 5.75 Å². The number of nitrogens with two attached hydrogens (primary N) is 1. The van der Waals surface area contributed by atoms with Gasteiger partial charge in [-0.1, -0.05) is 0 Å². The Morgan fingerprint density at radius 3 is 2.20 bits per heavy atom. The zero-order valence-corrected chi connectivity index (χ0v) is 7.90. The van der Waals surface area contributed by atoms with Gasteiger partial charge in [0.15, 0.2) is 17.5 Å². The summed E-state index contributed by atoms with van der Waals surface area (Å²) in [6.07, 6.45) is 1.66. The summed E-state index contributed by atoms with van der Waals surface area (Å²) in [6, 6.07) is 1.62. The van der Waals surface area contributed by atoms with Gasteiger partial charge in [0.25, 0.3) is 0 Å². The molecular formula is C10H10F3NO. The van der Waals surface area contributed by atoms with Crippen molar-refractivity contribution >= 4 is 0 Å². The number of ether oxygens (including phenoxy) is 1. The normalized spacial score (nSPS) is 17.6. The average molecular weight is 217 g/mol. The molecule has 1 aromatic carbocycles. The molecule has 2 N–H and O–H groups in total. The van der Waals surface area contributed by atoms with Gasteiger partial charge in [-0.05, 0) is 12.8 Å². The number of rotatable bonds is 3. The molecule has 1 fully saturated rings. The van der Waals surface area contributed by atoms with E-state index >= 15 is 0 Å². The topological polar surface area (TPSA) is 35.2 Å². The van der Waals surface area contributed by atoms with E-state index in [9.17, 15) is 13.2 Å². The second-order valence-electron chi connectivity index (χ2n) is 3.85. The molecule has 0 radical (unpaired) electrons. The Balaban J connectivity index is 2.08. The summed E-state index contributed by atoms with van der Waals surface area (Å²) in [6.45, 7) is 0.192. The Labute approximate surface area is 84.8 Å². The highest BCUT2D eigenvalue weighted by molar-refractivity contribution is 5.25.